The molecule has 4 rings (SSSR count). The van der Waals surface area contributed by atoms with Crippen molar-refractivity contribution < 1.29 is 4.79 Å². The molecule has 1 aliphatic rings. The summed E-state index contributed by atoms with van der Waals surface area (Å²) >= 11 is 0. The first kappa shape index (κ1) is 21.2. The minimum Gasteiger partial charge on any atom is -0.340 e. The molecule has 0 radical (unpaired) electrons. The Hall–Kier alpha value is -3.00. The first-order valence-electron chi connectivity index (χ1n) is 10.8. The summed E-state index contributed by atoms with van der Waals surface area (Å²) in [5, 5.41) is 5.17. The normalized spacial score (nSPS) is 16.1. The van der Waals surface area contributed by atoms with E-state index in [1.165, 1.54) is 5.56 Å². The van der Waals surface area contributed by atoms with Crippen molar-refractivity contribution in [2.24, 2.45) is 5.92 Å². The smallest absolute Gasteiger partial charge is 0.258 e. The highest BCUT2D eigenvalue weighted by molar-refractivity contribution is 5.78. The van der Waals surface area contributed by atoms with Gasteiger partial charge in [-0.1, -0.05) is 19.1 Å². The van der Waals surface area contributed by atoms with Crippen LogP contribution < -0.4 is 5.56 Å². The lowest BCUT2D eigenvalue weighted by molar-refractivity contribution is -0.137. The molecule has 1 fully saturated rings. The van der Waals surface area contributed by atoms with E-state index in [1.807, 2.05) is 41.6 Å². The number of H-pyrrole nitrogens is 1. The maximum Gasteiger partial charge on any atom is 0.258 e. The molecule has 3 heterocycles. The number of para-hydroxylation sites is 1. The minimum absolute atomic E-state index is 0.109. The SMILES string of the molecule is Cc1nn(C[C@H](C)C(=O)N2CCN(Cc3nc4ccccc4c(=O)[nH]3)CC2)c(C)c1C. The van der Waals surface area contributed by atoms with Crippen molar-refractivity contribution in [1.29, 1.82) is 0 Å². The molecule has 0 aliphatic carbocycles. The molecule has 0 bridgehead atoms. The Kier molecular flexibility index (Phi) is 5.91. The van der Waals surface area contributed by atoms with E-state index in [-0.39, 0.29) is 17.4 Å². The van der Waals surface area contributed by atoms with E-state index in [0.717, 1.165) is 24.5 Å². The molecule has 1 aromatic carbocycles. The van der Waals surface area contributed by atoms with Crippen LogP contribution in [0.1, 0.15) is 29.7 Å². The van der Waals surface area contributed by atoms with Crippen LogP contribution in [0.15, 0.2) is 29.1 Å². The van der Waals surface area contributed by atoms with E-state index < -0.39 is 0 Å². The summed E-state index contributed by atoms with van der Waals surface area (Å²) in [6.45, 7) is 12.1. The van der Waals surface area contributed by atoms with Crippen molar-refractivity contribution in [1.82, 2.24) is 29.5 Å². The fourth-order valence-corrected chi connectivity index (χ4v) is 4.16. The Bertz CT molecular complexity index is 1160. The third-order valence-corrected chi connectivity index (χ3v) is 6.33. The number of aryl methyl sites for hydroxylation is 1. The molecule has 8 nitrogen and oxygen atoms in total. The van der Waals surface area contributed by atoms with Gasteiger partial charge in [0.25, 0.3) is 5.56 Å². The van der Waals surface area contributed by atoms with Crippen LogP contribution in [-0.4, -0.2) is 61.6 Å². The number of piperazine rings is 1. The maximum absolute atomic E-state index is 13.0. The molecular weight excluding hydrogens is 392 g/mol. The number of hydrogen-bond donors (Lipinski definition) is 1. The second-order valence-electron chi connectivity index (χ2n) is 8.51. The summed E-state index contributed by atoms with van der Waals surface area (Å²) in [7, 11) is 0. The molecule has 3 aromatic rings. The zero-order valence-corrected chi connectivity index (χ0v) is 18.7. The summed E-state index contributed by atoms with van der Waals surface area (Å²) in [4.78, 5) is 36.9. The highest BCUT2D eigenvalue weighted by Gasteiger charge is 2.26. The Morgan fingerprint density at radius 3 is 2.52 bits per heavy atom. The average molecular weight is 423 g/mol. The highest BCUT2D eigenvalue weighted by atomic mass is 16.2. The van der Waals surface area contributed by atoms with Crippen LogP contribution in [0.5, 0.6) is 0 Å². The molecule has 1 saturated heterocycles. The van der Waals surface area contributed by atoms with Gasteiger partial charge in [0, 0.05) is 31.9 Å². The molecule has 1 amide bonds. The van der Waals surface area contributed by atoms with Crippen LogP contribution in [0.25, 0.3) is 10.9 Å². The fourth-order valence-electron chi connectivity index (χ4n) is 4.16. The Morgan fingerprint density at radius 1 is 1.13 bits per heavy atom. The van der Waals surface area contributed by atoms with Crippen LogP contribution in [0.2, 0.25) is 0 Å². The molecule has 1 atom stereocenters. The Labute approximate surface area is 181 Å². The van der Waals surface area contributed by atoms with Gasteiger partial charge in [0.1, 0.15) is 5.82 Å². The second-order valence-corrected chi connectivity index (χ2v) is 8.51. The maximum atomic E-state index is 13.0. The van der Waals surface area contributed by atoms with Gasteiger partial charge in [0.05, 0.1) is 35.6 Å². The van der Waals surface area contributed by atoms with Crippen LogP contribution in [0.4, 0.5) is 0 Å². The molecule has 0 saturated carbocycles. The zero-order valence-electron chi connectivity index (χ0n) is 18.7. The predicted molar refractivity (Wildman–Crippen MR) is 120 cm³/mol. The number of carbonyl (C=O) groups is 1. The first-order valence-corrected chi connectivity index (χ1v) is 10.8. The van der Waals surface area contributed by atoms with Crippen LogP contribution in [0, 0.1) is 26.7 Å². The third kappa shape index (κ3) is 4.39. The topological polar surface area (TPSA) is 87.1 Å². The van der Waals surface area contributed by atoms with Gasteiger partial charge in [-0.2, -0.15) is 5.10 Å². The van der Waals surface area contributed by atoms with Gasteiger partial charge in [0.2, 0.25) is 5.91 Å². The minimum atomic E-state index is -0.123. The van der Waals surface area contributed by atoms with E-state index in [1.54, 1.807) is 6.07 Å². The number of rotatable bonds is 5. The molecular formula is C23H30N6O2. The molecule has 8 heteroatoms. The highest BCUT2D eigenvalue weighted by Crippen LogP contribution is 2.16. The van der Waals surface area contributed by atoms with Crippen LogP contribution in [0.3, 0.4) is 0 Å². The molecule has 2 aromatic heterocycles. The van der Waals surface area contributed by atoms with E-state index in [2.05, 4.69) is 33.8 Å². The van der Waals surface area contributed by atoms with Gasteiger partial charge >= 0.3 is 0 Å². The van der Waals surface area contributed by atoms with Crippen molar-refractivity contribution in [3.8, 4) is 0 Å². The third-order valence-electron chi connectivity index (χ3n) is 6.33. The number of aromatic nitrogens is 4. The summed E-state index contributed by atoms with van der Waals surface area (Å²) in [5.74, 6) is 0.710. The summed E-state index contributed by atoms with van der Waals surface area (Å²) in [6, 6.07) is 7.36. The van der Waals surface area contributed by atoms with Gasteiger partial charge in [-0.25, -0.2) is 4.98 Å². The van der Waals surface area contributed by atoms with Crippen molar-refractivity contribution in [2.45, 2.75) is 40.8 Å². The summed E-state index contributed by atoms with van der Waals surface area (Å²) < 4.78 is 1.95. The largest absolute Gasteiger partial charge is 0.340 e. The number of benzene rings is 1. The second kappa shape index (κ2) is 8.63. The van der Waals surface area contributed by atoms with Crippen molar-refractivity contribution in [3.63, 3.8) is 0 Å². The molecule has 1 aliphatic heterocycles. The number of hydrogen-bond acceptors (Lipinski definition) is 5. The number of amides is 1. The standard InChI is InChI=1S/C23H30N6O2/c1-15(13-29-18(4)16(2)17(3)26-29)23(31)28-11-9-27(10-12-28)14-21-24-20-8-6-5-7-19(20)22(30)25-21/h5-8,15H,9-14H2,1-4H3,(H,24,25,30)/t15-/m0/s1. The summed E-state index contributed by atoms with van der Waals surface area (Å²) in [6.07, 6.45) is 0. The fraction of sp³-hybridized carbons (Fsp3) is 0.478. The lowest BCUT2D eigenvalue weighted by Crippen LogP contribution is -2.50. The van der Waals surface area contributed by atoms with Crippen LogP contribution >= 0.6 is 0 Å². The molecule has 1 N–H and O–H groups in total. The van der Waals surface area contributed by atoms with Crippen molar-refractivity contribution in [2.75, 3.05) is 26.2 Å². The van der Waals surface area contributed by atoms with Crippen molar-refractivity contribution >= 4 is 16.8 Å². The molecule has 31 heavy (non-hydrogen) atoms. The number of carbonyl (C=O) groups excluding carboxylic acids is 1. The van der Waals surface area contributed by atoms with Gasteiger partial charge < -0.3 is 9.88 Å². The lowest BCUT2D eigenvalue weighted by Gasteiger charge is -2.35. The number of aromatic amines is 1. The van der Waals surface area contributed by atoms with Gasteiger partial charge in [-0.3, -0.25) is 19.2 Å². The number of fused-ring (bicyclic) bond motifs is 1. The number of nitrogens with one attached hydrogen (secondary N) is 1. The van der Waals surface area contributed by atoms with E-state index >= 15 is 0 Å². The van der Waals surface area contributed by atoms with E-state index in [9.17, 15) is 9.59 Å². The van der Waals surface area contributed by atoms with Gasteiger partial charge in [-0.05, 0) is 38.5 Å². The predicted octanol–water partition coefficient (Wildman–Crippen LogP) is 2.03. The van der Waals surface area contributed by atoms with Gasteiger partial charge in [0.15, 0.2) is 0 Å². The monoisotopic (exact) mass is 422 g/mol. The van der Waals surface area contributed by atoms with Gasteiger partial charge in [-0.15, -0.1) is 0 Å². The Balaban J connectivity index is 1.34. The lowest BCUT2D eigenvalue weighted by atomic mass is 10.1. The molecule has 0 spiro atoms. The first-order chi connectivity index (χ1) is 14.8. The Morgan fingerprint density at radius 2 is 1.84 bits per heavy atom. The van der Waals surface area contributed by atoms with E-state index in [4.69, 9.17) is 0 Å². The number of nitrogens with zero attached hydrogens (tertiary/aromatic N) is 5. The molecule has 0 unspecified atom stereocenters. The van der Waals surface area contributed by atoms with E-state index in [0.29, 0.717) is 42.9 Å². The molecule has 164 valence electrons. The average Bonchev–Trinajstić information content (AvgIpc) is 3.00. The van der Waals surface area contributed by atoms with Crippen LogP contribution in [-0.2, 0) is 17.9 Å². The quantitative estimate of drug-likeness (QED) is 0.680. The summed E-state index contributed by atoms with van der Waals surface area (Å²) in [5.41, 5.74) is 3.93. The van der Waals surface area contributed by atoms with Crippen molar-refractivity contribution in [3.05, 3.63) is 57.4 Å². The zero-order chi connectivity index (χ0) is 22.1.